The molecule has 0 aliphatic heterocycles. The molecule has 0 atom stereocenters. The molecule has 72 valence electrons. The van der Waals surface area contributed by atoms with Crippen molar-refractivity contribution in [1.29, 1.82) is 0 Å². The lowest BCUT2D eigenvalue weighted by Gasteiger charge is -2.03. The van der Waals surface area contributed by atoms with Gasteiger partial charge in [0.1, 0.15) is 6.61 Å². The Morgan fingerprint density at radius 1 is 1.42 bits per heavy atom. The fourth-order valence-electron chi connectivity index (χ4n) is 0.987. The molecule has 0 radical (unpaired) electrons. The Kier molecular flexibility index (Phi) is 6.82. The minimum atomic E-state index is 0.668. The molecular formula is C10H21NO. The molecule has 0 saturated heterocycles. The van der Waals surface area contributed by atoms with Crippen molar-refractivity contribution in [3.63, 3.8) is 0 Å². The van der Waals surface area contributed by atoms with Gasteiger partial charge in [-0.25, -0.2) is 0 Å². The van der Waals surface area contributed by atoms with E-state index in [-0.39, 0.29) is 0 Å². The Hall–Kier alpha value is -0.530. The highest BCUT2D eigenvalue weighted by atomic mass is 16.6. The minimum Gasteiger partial charge on any atom is -0.396 e. The van der Waals surface area contributed by atoms with Crippen LogP contribution in [0.15, 0.2) is 5.16 Å². The third-order valence-corrected chi connectivity index (χ3v) is 1.67. The fourth-order valence-corrected chi connectivity index (χ4v) is 0.987. The lowest BCUT2D eigenvalue weighted by Crippen LogP contribution is -1.95. The van der Waals surface area contributed by atoms with E-state index >= 15 is 0 Å². The monoisotopic (exact) mass is 171 g/mol. The van der Waals surface area contributed by atoms with Gasteiger partial charge in [-0.1, -0.05) is 25.4 Å². The first-order chi connectivity index (χ1) is 5.66. The number of nitrogens with zero attached hydrogens (tertiary/aromatic N) is 1. The molecule has 0 spiro atoms. The van der Waals surface area contributed by atoms with Crippen LogP contribution in [0.4, 0.5) is 0 Å². The van der Waals surface area contributed by atoms with Gasteiger partial charge in [0.15, 0.2) is 0 Å². The van der Waals surface area contributed by atoms with Crippen molar-refractivity contribution < 1.29 is 4.84 Å². The average Bonchev–Trinajstić information content (AvgIpc) is 2.00. The fraction of sp³-hybridized carbons (Fsp3) is 0.900. The molecule has 0 fully saturated rings. The van der Waals surface area contributed by atoms with E-state index in [1.807, 2.05) is 13.8 Å². The second-order valence-corrected chi connectivity index (χ2v) is 3.53. The van der Waals surface area contributed by atoms with Gasteiger partial charge in [0.05, 0.1) is 5.71 Å². The first-order valence-electron chi connectivity index (χ1n) is 4.82. The van der Waals surface area contributed by atoms with Gasteiger partial charge in [0.2, 0.25) is 0 Å². The van der Waals surface area contributed by atoms with Crippen LogP contribution in [0.1, 0.15) is 47.0 Å². The summed E-state index contributed by atoms with van der Waals surface area (Å²) >= 11 is 0. The van der Waals surface area contributed by atoms with Crippen molar-refractivity contribution in [2.24, 2.45) is 11.1 Å². The van der Waals surface area contributed by atoms with E-state index in [1.54, 1.807) is 0 Å². The van der Waals surface area contributed by atoms with Crippen molar-refractivity contribution >= 4 is 5.71 Å². The number of hydrogen-bond acceptors (Lipinski definition) is 2. The number of oxime groups is 1. The quantitative estimate of drug-likeness (QED) is 0.444. The van der Waals surface area contributed by atoms with Gasteiger partial charge in [0, 0.05) is 0 Å². The van der Waals surface area contributed by atoms with Crippen LogP contribution in [0.3, 0.4) is 0 Å². The SMILES string of the molecule is CCO/N=C(\C)CCCC(C)C. The van der Waals surface area contributed by atoms with E-state index in [1.165, 1.54) is 12.8 Å². The molecular weight excluding hydrogens is 150 g/mol. The predicted molar refractivity (Wildman–Crippen MR) is 53.4 cm³/mol. The first-order valence-corrected chi connectivity index (χ1v) is 4.82. The van der Waals surface area contributed by atoms with E-state index in [4.69, 9.17) is 4.84 Å². The van der Waals surface area contributed by atoms with E-state index in [2.05, 4.69) is 19.0 Å². The number of hydrogen-bond donors (Lipinski definition) is 0. The highest BCUT2D eigenvalue weighted by molar-refractivity contribution is 5.81. The summed E-state index contributed by atoms with van der Waals surface area (Å²) < 4.78 is 0. The molecule has 0 aromatic carbocycles. The average molecular weight is 171 g/mol. The molecule has 0 heterocycles. The molecule has 0 aromatic rings. The zero-order valence-corrected chi connectivity index (χ0v) is 8.76. The summed E-state index contributed by atoms with van der Waals surface area (Å²) in [6.45, 7) is 9.13. The molecule has 0 aliphatic rings. The summed E-state index contributed by atoms with van der Waals surface area (Å²) in [7, 11) is 0. The molecule has 0 unspecified atom stereocenters. The Bertz CT molecular complexity index is 130. The van der Waals surface area contributed by atoms with Crippen LogP contribution in [0.5, 0.6) is 0 Å². The zero-order valence-electron chi connectivity index (χ0n) is 8.76. The minimum absolute atomic E-state index is 0.668. The maximum atomic E-state index is 4.94. The maximum Gasteiger partial charge on any atom is 0.114 e. The topological polar surface area (TPSA) is 21.6 Å². The molecule has 0 N–H and O–H groups in total. The van der Waals surface area contributed by atoms with Gasteiger partial charge in [0.25, 0.3) is 0 Å². The molecule has 2 nitrogen and oxygen atoms in total. The van der Waals surface area contributed by atoms with E-state index in [9.17, 15) is 0 Å². The van der Waals surface area contributed by atoms with E-state index < -0.39 is 0 Å². The third-order valence-electron chi connectivity index (χ3n) is 1.67. The highest BCUT2D eigenvalue weighted by Gasteiger charge is 1.96. The van der Waals surface area contributed by atoms with Gasteiger partial charge in [-0.15, -0.1) is 0 Å². The van der Waals surface area contributed by atoms with Crippen LogP contribution < -0.4 is 0 Å². The molecule has 0 bridgehead atoms. The Labute approximate surface area is 76.0 Å². The lowest BCUT2D eigenvalue weighted by molar-refractivity contribution is 0.158. The summed E-state index contributed by atoms with van der Waals surface area (Å²) in [5.41, 5.74) is 1.11. The van der Waals surface area contributed by atoms with E-state index in [0.717, 1.165) is 18.1 Å². The molecule has 0 rings (SSSR count). The third kappa shape index (κ3) is 7.58. The first kappa shape index (κ1) is 11.5. The van der Waals surface area contributed by atoms with Gasteiger partial charge in [-0.3, -0.25) is 0 Å². The maximum absolute atomic E-state index is 4.94. The van der Waals surface area contributed by atoms with E-state index in [0.29, 0.717) is 6.61 Å². The summed E-state index contributed by atoms with van der Waals surface area (Å²) in [5.74, 6) is 0.796. The van der Waals surface area contributed by atoms with Crippen molar-refractivity contribution in [3.05, 3.63) is 0 Å². The summed E-state index contributed by atoms with van der Waals surface area (Å²) in [4.78, 5) is 4.94. The lowest BCUT2D eigenvalue weighted by atomic mass is 10.1. The zero-order chi connectivity index (χ0) is 9.40. The Balaban J connectivity index is 3.36. The summed E-state index contributed by atoms with van der Waals surface area (Å²) in [6.07, 6.45) is 3.57. The van der Waals surface area contributed by atoms with Crippen LogP contribution in [0.25, 0.3) is 0 Å². The van der Waals surface area contributed by atoms with Gasteiger partial charge in [-0.05, 0) is 32.6 Å². The van der Waals surface area contributed by atoms with Crippen LogP contribution in [0, 0.1) is 5.92 Å². The second kappa shape index (κ2) is 7.14. The molecule has 0 aromatic heterocycles. The number of rotatable bonds is 6. The molecule has 0 amide bonds. The van der Waals surface area contributed by atoms with Gasteiger partial charge < -0.3 is 4.84 Å². The largest absolute Gasteiger partial charge is 0.396 e. The Morgan fingerprint density at radius 3 is 2.58 bits per heavy atom. The summed E-state index contributed by atoms with van der Waals surface area (Å²) in [6, 6.07) is 0. The van der Waals surface area contributed by atoms with Crippen molar-refractivity contribution in [3.8, 4) is 0 Å². The van der Waals surface area contributed by atoms with Crippen molar-refractivity contribution in [2.45, 2.75) is 47.0 Å². The molecule has 0 aliphatic carbocycles. The molecule has 12 heavy (non-hydrogen) atoms. The van der Waals surface area contributed by atoms with Crippen LogP contribution in [-0.2, 0) is 4.84 Å². The van der Waals surface area contributed by atoms with Crippen LogP contribution in [0.2, 0.25) is 0 Å². The molecule has 0 saturated carbocycles. The van der Waals surface area contributed by atoms with Gasteiger partial charge in [-0.2, -0.15) is 0 Å². The molecule has 2 heteroatoms. The van der Waals surface area contributed by atoms with Gasteiger partial charge >= 0.3 is 0 Å². The van der Waals surface area contributed by atoms with Crippen molar-refractivity contribution in [1.82, 2.24) is 0 Å². The smallest absolute Gasteiger partial charge is 0.114 e. The summed E-state index contributed by atoms with van der Waals surface area (Å²) in [5, 5.41) is 3.96. The second-order valence-electron chi connectivity index (χ2n) is 3.53. The van der Waals surface area contributed by atoms with Crippen molar-refractivity contribution in [2.75, 3.05) is 6.61 Å². The normalized spacial score (nSPS) is 12.2. The highest BCUT2D eigenvalue weighted by Crippen LogP contribution is 2.06. The predicted octanol–water partition coefficient (Wildman–Crippen LogP) is 3.23. The standard InChI is InChI=1S/C10H21NO/c1-5-12-11-10(4)8-6-7-9(2)3/h9H,5-8H2,1-4H3/b11-10+. The Morgan fingerprint density at radius 2 is 2.08 bits per heavy atom. The van der Waals surface area contributed by atoms with Crippen LogP contribution in [-0.4, -0.2) is 12.3 Å². The van der Waals surface area contributed by atoms with Crippen LogP contribution >= 0.6 is 0 Å².